The fourth-order valence-corrected chi connectivity index (χ4v) is 1.86. The number of rotatable bonds is 6. The van der Waals surface area contributed by atoms with Gasteiger partial charge in [-0.05, 0) is 20.8 Å². The second-order valence-electron chi connectivity index (χ2n) is 5.22. The molecule has 22 heavy (non-hydrogen) atoms. The summed E-state index contributed by atoms with van der Waals surface area (Å²) < 4.78 is 1.73. The summed E-state index contributed by atoms with van der Waals surface area (Å²) in [6.07, 6.45) is 3.26. The fourth-order valence-electron chi connectivity index (χ4n) is 1.86. The van der Waals surface area contributed by atoms with Crippen molar-refractivity contribution in [3.05, 3.63) is 40.1 Å². The van der Waals surface area contributed by atoms with Crippen molar-refractivity contribution in [2.75, 3.05) is 18.4 Å². The molecule has 0 unspecified atom stereocenters. The van der Waals surface area contributed by atoms with Gasteiger partial charge >= 0.3 is 0 Å². The smallest absolute Gasteiger partial charge is 0.254 e. The first-order chi connectivity index (χ1) is 10.5. The molecule has 0 atom stereocenters. The highest BCUT2D eigenvalue weighted by molar-refractivity contribution is 5.93. The largest absolute Gasteiger partial charge is 0.354 e. The van der Waals surface area contributed by atoms with E-state index < -0.39 is 0 Å². The Bertz CT molecular complexity index is 703. The lowest BCUT2D eigenvalue weighted by Crippen LogP contribution is -2.29. The van der Waals surface area contributed by atoms with Crippen molar-refractivity contribution in [3.8, 4) is 0 Å². The van der Waals surface area contributed by atoms with Crippen molar-refractivity contribution in [3.63, 3.8) is 0 Å². The van der Waals surface area contributed by atoms with Crippen LogP contribution in [0.4, 0.5) is 5.95 Å². The number of nitrogens with one attached hydrogen (secondary N) is 3. The van der Waals surface area contributed by atoms with Gasteiger partial charge in [-0.1, -0.05) is 0 Å². The van der Waals surface area contributed by atoms with E-state index in [0.717, 1.165) is 0 Å². The first kappa shape index (κ1) is 15.7. The molecule has 0 spiro atoms. The molecular weight excluding hydrogens is 284 g/mol. The number of carbonyl (C=O) groups excluding carboxylic acids is 1. The Balaban J connectivity index is 1.80. The molecule has 0 aromatic carbocycles. The fraction of sp³-hybridized carbons (Fsp3) is 0.429. The molecule has 8 heteroatoms. The van der Waals surface area contributed by atoms with E-state index in [1.54, 1.807) is 24.0 Å². The van der Waals surface area contributed by atoms with Gasteiger partial charge in [0.25, 0.3) is 11.5 Å². The summed E-state index contributed by atoms with van der Waals surface area (Å²) in [5, 5.41) is 9.85. The second kappa shape index (κ2) is 6.88. The molecule has 2 aromatic heterocycles. The minimum absolute atomic E-state index is 0.181. The maximum Gasteiger partial charge on any atom is 0.254 e. The topological polar surface area (TPSA) is 105 Å². The first-order valence-electron chi connectivity index (χ1n) is 7.10. The molecule has 1 amide bonds. The van der Waals surface area contributed by atoms with Crippen LogP contribution in [0.1, 0.15) is 35.9 Å². The van der Waals surface area contributed by atoms with E-state index in [4.69, 9.17) is 0 Å². The average molecular weight is 304 g/mol. The molecule has 2 aromatic rings. The van der Waals surface area contributed by atoms with Crippen LogP contribution in [0.25, 0.3) is 0 Å². The molecule has 0 fully saturated rings. The zero-order chi connectivity index (χ0) is 16.1. The van der Waals surface area contributed by atoms with E-state index in [1.807, 2.05) is 13.8 Å². The number of aryl methyl sites for hydroxylation is 1. The summed E-state index contributed by atoms with van der Waals surface area (Å²) in [5.74, 6) is 0.214. The Morgan fingerprint density at radius 3 is 2.82 bits per heavy atom. The molecule has 2 heterocycles. The molecule has 2 rings (SSSR count). The molecule has 0 bridgehead atoms. The highest BCUT2D eigenvalue weighted by Crippen LogP contribution is 2.04. The summed E-state index contributed by atoms with van der Waals surface area (Å²) in [6.45, 7) is 6.59. The molecule has 0 aliphatic carbocycles. The van der Waals surface area contributed by atoms with E-state index in [2.05, 4.69) is 25.7 Å². The van der Waals surface area contributed by atoms with Crippen molar-refractivity contribution in [1.82, 2.24) is 25.1 Å². The predicted molar refractivity (Wildman–Crippen MR) is 83.0 cm³/mol. The maximum atomic E-state index is 11.9. The van der Waals surface area contributed by atoms with E-state index in [9.17, 15) is 9.59 Å². The van der Waals surface area contributed by atoms with Crippen LogP contribution in [0.2, 0.25) is 0 Å². The van der Waals surface area contributed by atoms with Crippen LogP contribution >= 0.6 is 0 Å². The van der Waals surface area contributed by atoms with Crippen molar-refractivity contribution in [2.45, 2.75) is 26.8 Å². The predicted octanol–water partition coefficient (Wildman–Crippen LogP) is 0.698. The number of anilines is 1. The average Bonchev–Trinajstić information content (AvgIpc) is 2.92. The SMILES string of the molecule is Cc1cc(=O)[nH]c(NCCNC(=O)c2cnn(C(C)C)c2)n1. The van der Waals surface area contributed by atoms with Gasteiger partial charge in [0.2, 0.25) is 5.95 Å². The van der Waals surface area contributed by atoms with Gasteiger partial charge in [-0.25, -0.2) is 4.98 Å². The van der Waals surface area contributed by atoms with Crippen molar-refractivity contribution >= 4 is 11.9 Å². The Hall–Kier alpha value is -2.64. The Kier molecular flexibility index (Phi) is 4.92. The number of H-pyrrole nitrogens is 1. The molecule has 3 N–H and O–H groups in total. The highest BCUT2D eigenvalue weighted by Gasteiger charge is 2.09. The molecular formula is C14H20N6O2. The van der Waals surface area contributed by atoms with Gasteiger partial charge in [-0.3, -0.25) is 19.3 Å². The normalized spacial score (nSPS) is 10.7. The number of nitrogens with zero attached hydrogens (tertiary/aromatic N) is 3. The van der Waals surface area contributed by atoms with E-state index >= 15 is 0 Å². The molecule has 0 saturated heterocycles. The van der Waals surface area contributed by atoms with Crippen LogP contribution in [0, 0.1) is 6.92 Å². The molecule has 0 aliphatic rings. The minimum atomic E-state index is -0.208. The number of carbonyl (C=O) groups is 1. The third kappa shape index (κ3) is 4.18. The number of hydrogen-bond acceptors (Lipinski definition) is 5. The van der Waals surface area contributed by atoms with Crippen molar-refractivity contribution in [2.24, 2.45) is 0 Å². The molecule has 118 valence electrons. The zero-order valence-corrected chi connectivity index (χ0v) is 12.9. The standard InChI is InChI=1S/C14H20N6O2/c1-9(2)20-8-11(7-17-20)13(22)15-4-5-16-14-18-10(3)6-12(21)19-14/h6-9H,4-5H2,1-3H3,(H,15,22)(H2,16,18,19,21). The summed E-state index contributed by atoms with van der Waals surface area (Å²) in [6, 6.07) is 1.63. The zero-order valence-electron chi connectivity index (χ0n) is 12.9. The Labute approximate surface area is 128 Å². The lowest BCUT2D eigenvalue weighted by molar-refractivity contribution is 0.0955. The van der Waals surface area contributed by atoms with Crippen molar-refractivity contribution < 1.29 is 4.79 Å². The summed E-state index contributed by atoms with van der Waals surface area (Å²) >= 11 is 0. The monoisotopic (exact) mass is 304 g/mol. The molecule has 0 radical (unpaired) electrons. The van der Waals surface area contributed by atoms with E-state index in [-0.39, 0.29) is 17.5 Å². The van der Waals surface area contributed by atoms with Crippen LogP contribution < -0.4 is 16.2 Å². The Morgan fingerprint density at radius 2 is 2.18 bits per heavy atom. The van der Waals surface area contributed by atoms with Gasteiger partial charge in [0, 0.05) is 37.1 Å². The van der Waals surface area contributed by atoms with Gasteiger partial charge in [-0.2, -0.15) is 5.10 Å². The maximum absolute atomic E-state index is 11.9. The van der Waals surface area contributed by atoms with Gasteiger partial charge in [0.15, 0.2) is 0 Å². The van der Waals surface area contributed by atoms with Crippen LogP contribution in [-0.4, -0.2) is 38.7 Å². The number of hydrogen-bond donors (Lipinski definition) is 3. The van der Waals surface area contributed by atoms with Gasteiger partial charge < -0.3 is 10.6 Å². The summed E-state index contributed by atoms with van der Waals surface area (Å²) in [4.78, 5) is 29.9. The summed E-state index contributed by atoms with van der Waals surface area (Å²) in [7, 11) is 0. The molecule has 0 saturated carbocycles. The first-order valence-corrected chi connectivity index (χ1v) is 7.10. The van der Waals surface area contributed by atoms with E-state index in [1.165, 1.54) is 6.07 Å². The van der Waals surface area contributed by atoms with Gasteiger partial charge in [0.1, 0.15) is 0 Å². The van der Waals surface area contributed by atoms with Gasteiger partial charge in [0.05, 0.1) is 11.8 Å². The second-order valence-corrected chi connectivity index (χ2v) is 5.22. The van der Waals surface area contributed by atoms with Gasteiger partial charge in [-0.15, -0.1) is 0 Å². The van der Waals surface area contributed by atoms with Crippen LogP contribution in [0.5, 0.6) is 0 Å². The number of aromatic nitrogens is 4. The lowest BCUT2D eigenvalue weighted by Gasteiger charge is -2.07. The number of aromatic amines is 1. The quantitative estimate of drug-likeness (QED) is 0.681. The highest BCUT2D eigenvalue weighted by atomic mass is 16.1. The third-order valence-electron chi connectivity index (χ3n) is 2.97. The van der Waals surface area contributed by atoms with Crippen LogP contribution in [0.15, 0.2) is 23.3 Å². The molecule has 8 nitrogen and oxygen atoms in total. The van der Waals surface area contributed by atoms with E-state index in [0.29, 0.717) is 30.3 Å². The molecule has 0 aliphatic heterocycles. The van der Waals surface area contributed by atoms with Crippen LogP contribution in [0.3, 0.4) is 0 Å². The number of amides is 1. The van der Waals surface area contributed by atoms with Crippen molar-refractivity contribution in [1.29, 1.82) is 0 Å². The Morgan fingerprint density at radius 1 is 1.41 bits per heavy atom. The van der Waals surface area contributed by atoms with Crippen LogP contribution in [-0.2, 0) is 0 Å². The lowest BCUT2D eigenvalue weighted by atomic mass is 10.3. The third-order valence-corrected chi connectivity index (χ3v) is 2.97. The minimum Gasteiger partial charge on any atom is -0.354 e. The summed E-state index contributed by atoms with van der Waals surface area (Å²) in [5.41, 5.74) is 0.951.